The van der Waals surface area contributed by atoms with Gasteiger partial charge in [0.15, 0.2) is 0 Å². The van der Waals surface area contributed by atoms with E-state index in [0.29, 0.717) is 28.7 Å². The maximum absolute atomic E-state index is 13.3. The summed E-state index contributed by atoms with van der Waals surface area (Å²) in [5, 5.41) is 0.443. The molecule has 0 atom stereocenters. The van der Waals surface area contributed by atoms with Crippen LogP contribution in [0.25, 0.3) is 10.9 Å². The van der Waals surface area contributed by atoms with Crippen molar-refractivity contribution < 1.29 is 4.39 Å². The van der Waals surface area contributed by atoms with E-state index < -0.39 is 0 Å². The third kappa shape index (κ3) is 1.71. The third-order valence-electron chi connectivity index (χ3n) is 2.60. The van der Waals surface area contributed by atoms with Crippen LogP contribution in [0.5, 0.6) is 0 Å². The van der Waals surface area contributed by atoms with Crippen LogP contribution in [0.4, 0.5) is 4.39 Å². The van der Waals surface area contributed by atoms with Gasteiger partial charge in [-0.25, -0.2) is 9.37 Å². The molecule has 1 heterocycles. The van der Waals surface area contributed by atoms with Gasteiger partial charge < -0.3 is 4.98 Å². The van der Waals surface area contributed by atoms with E-state index in [1.807, 2.05) is 6.92 Å². The predicted octanol–water partition coefficient (Wildman–Crippen LogP) is 2.32. The number of fused-ring (bicyclic) bond motifs is 1. The molecular weight excluding hydrogens is 207 g/mol. The first-order valence-corrected chi connectivity index (χ1v) is 5.31. The lowest BCUT2D eigenvalue weighted by Gasteiger charge is -2.04. The number of H-pyrrole nitrogens is 1. The Morgan fingerprint density at radius 3 is 2.88 bits per heavy atom. The smallest absolute Gasteiger partial charge is 0.258 e. The first-order chi connectivity index (χ1) is 7.63. The molecule has 1 aromatic heterocycles. The second-order valence-electron chi connectivity index (χ2n) is 3.83. The summed E-state index contributed by atoms with van der Waals surface area (Å²) in [5.41, 5.74) is 0.699. The second-order valence-corrected chi connectivity index (χ2v) is 3.83. The summed E-state index contributed by atoms with van der Waals surface area (Å²) in [7, 11) is 0. The number of aryl methyl sites for hydroxylation is 2. The van der Waals surface area contributed by atoms with E-state index in [9.17, 15) is 9.18 Å². The average molecular weight is 220 g/mol. The highest BCUT2D eigenvalue weighted by atomic mass is 19.1. The zero-order valence-corrected chi connectivity index (χ0v) is 9.30. The number of rotatable bonds is 2. The number of nitrogens with one attached hydrogen (secondary N) is 1. The summed E-state index contributed by atoms with van der Waals surface area (Å²) in [6.45, 7) is 3.64. The van der Waals surface area contributed by atoms with Crippen molar-refractivity contribution in [1.82, 2.24) is 9.97 Å². The van der Waals surface area contributed by atoms with E-state index in [2.05, 4.69) is 9.97 Å². The van der Waals surface area contributed by atoms with Crippen molar-refractivity contribution in [3.63, 3.8) is 0 Å². The molecule has 4 heteroatoms. The lowest BCUT2D eigenvalue weighted by Crippen LogP contribution is -2.12. The number of hydrogen-bond acceptors (Lipinski definition) is 2. The summed E-state index contributed by atoms with van der Waals surface area (Å²) < 4.78 is 13.3. The van der Waals surface area contributed by atoms with E-state index in [-0.39, 0.29) is 11.4 Å². The van der Waals surface area contributed by atoms with Gasteiger partial charge in [-0.05, 0) is 25.5 Å². The second kappa shape index (κ2) is 4.04. The summed E-state index contributed by atoms with van der Waals surface area (Å²) in [6.07, 6.45) is 1.59. The molecule has 2 aromatic rings. The lowest BCUT2D eigenvalue weighted by molar-refractivity contribution is 0.620. The van der Waals surface area contributed by atoms with Gasteiger partial charge in [-0.1, -0.05) is 6.92 Å². The fourth-order valence-electron chi connectivity index (χ4n) is 1.72. The van der Waals surface area contributed by atoms with Gasteiger partial charge in [0.25, 0.3) is 5.56 Å². The molecule has 0 fully saturated rings. The van der Waals surface area contributed by atoms with E-state index in [4.69, 9.17) is 0 Å². The van der Waals surface area contributed by atoms with Gasteiger partial charge in [-0.15, -0.1) is 0 Å². The van der Waals surface area contributed by atoms with Gasteiger partial charge in [0.05, 0.1) is 10.9 Å². The monoisotopic (exact) mass is 220 g/mol. The van der Waals surface area contributed by atoms with E-state index in [1.54, 1.807) is 6.92 Å². The van der Waals surface area contributed by atoms with Gasteiger partial charge in [-0.3, -0.25) is 4.79 Å². The topological polar surface area (TPSA) is 45.8 Å². The molecule has 0 unspecified atom stereocenters. The van der Waals surface area contributed by atoms with Crippen molar-refractivity contribution in [2.45, 2.75) is 26.7 Å². The Kier molecular flexibility index (Phi) is 2.73. The highest BCUT2D eigenvalue weighted by Crippen LogP contribution is 2.16. The van der Waals surface area contributed by atoms with Crippen LogP contribution in [-0.4, -0.2) is 9.97 Å². The molecule has 0 aliphatic rings. The van der Waals surface area contributed by atoms with Crippen LogP contribution in [0.3, 0.4) is 0 Å². The Morgan fingerprint density at radius 2 is 2.19 bits per heavy atom. The Labute approximate surface area is 92.3 Å². The number of aromatic amines is 1. The Balaban J connectivity index is 2.78. The van der Waals surface area contributed by atoms with E-state index in [0.717, 1.165) is 6.42 Å². The van der Waals surface area contributed by atoms with Crippen LogP contribution in [0.2, 0.25) is 0 Å². The highest BCUT2D eigenvalue weighted by Gasteiger charge is 2.08. The maximum Gasteiger partial charge on any atom is 0.258 e. The first kappa shape index (κ1) is 10.8. The quantitative estimate of drug-likeness (QED) is 0.844. The van der Waals surface area contributed by atoms with Gasteiger partial charge in [0, 0.05) is 12.0 Å². The number of aromatic nitrogens is 2. The Bertz CT molecular complexity index is 589. The molecule has 0 radical (unpaired) electrons. The van der Waals surface area contributed by atoms with Crippen LogP contribution in [0, 0.1) is 12.7 Å². The Morgan fingerprint density at radius 1 is 1.44 bits per heavy atom. The van der Waals surface area contributed by atoms with Crippen molar-refractivity contribution in [1.29, 1.82) is 0 Å². The molecule has 84 valence electrons. The largest absolute Gasteiger partial charge is 0.310 e. The van der Waals surface area contributed by atoms with Crippen LogP contribution < -0.4 is 5.56 Å². The maximum atomic E-state index is 13.3. The minimum atomic E-state index is -0.326. The van der Waals surface area contributed by atoms with Crippen molar-refractivity contribution in [2.75, 3.05) is 0 Å². The van der Waals surface area contributed by atoms with E-state index >= 15 is 0 Å². The predicted molar refractivity (Wildman–Crippen MR) is 61.1 cm³/mol. The fourth-order valence-corrected chi connectivity index (χ4v) is 1.72. The van der Waals surface area contributed by atoms with E-state index in [1.165, 1.54) is 12.1 Å². The number of halogens is 1. The lowest BCUT2D eigenvalue weighted by atomic mass is 10.1. The van der Waals surface area contributed by atoms with Crippen LogP contribution in [0.1, 0.15) is 24.7 Å². The van der Waals surface area contributed by atoms with Crippen molar-refractivity contribution >= 4 is 10.9 Å². The minimum absolute atomic E-state index is 0.198. The van der Waals surface area contributed by atoms with Crippen molar-refractivity contribution in [2.24, 2.45) is 0 Å². The molecule has 0 amide bonds. The Hall–Kier alpha value is -1.71. The minimum Gasteiger partial charge on any atom is -0.310 e. The molecule has 16 heavy (non-hydrogen) atoms. The van der Waals surface area contributed by atoms with Crippen LogP contribution in [-0.2, 0) is 6.42 Å². The zero-order valence-electron chi connectivity index (χ0n) is 9.30. The van der Waals surface area contributed by atoms with Gasteiger partial charge in [0.1, 0.15) is 11.6 Å². The van der Waals surface area contributed by atoms with Crippen LogP contribution >= 0.6 is 0 Å². The normalized spacial score (nSPS) is 10.9. The molecule has 0 saturated carbocycles. The first-order valence-electron chi connectivity index (χ1n) is 5.31. The summed E-state index contributed by atoms with van der Waals surface area (Å²) in [4.78, 5) is 18.7. The fraction of sp³-hybridized carbons (Fsp3) is 0.333. The molecule has 0 aliphatic carbocycles. The third-order valence-corrected chi connectivity index (χ3v) is 2.60. The summed E-state index contributed by atoms with van der Waals surface area (Å²) in [6, 6.07) is 2.77. The van der Waals surface area contributed by atoms with Gasteiger partial charge in [0.2, 0.25) is 0 Å². The molecule has 2 rings (SSSR count). The average Bonchev–Trinajstić information content (AvgIpc) is 2.25. The standard InChI is InChI=1S/C12H13FN2O/c1-3-4-10-14-11-7(2)9(13)6-5-8(11)12(16)15-10/h5-6H,3-4H2,1-2H3,(H,14,15,16). The molecule has 0 saturated heterocycles. The van der Waals surface area contributed by atoms with Gasteiger partial charge in [-0.2, -0.15) is 0 Å². The van der Waals surface area contributed by atoms with Gasteiger partial charge >= 0.3 is 0 Å². The van der Waals surface area contributed by atoms with Crippen molar-refractivity contribution in [3.8, 4) is 0 Å². The van der Waals surface area contributed by atoms with Crippen molar-refractivity contribution in [3.05, 3.63) is 39.7 Å². The van der Waals surface area contributed by atoms with Crippen LogP contribution in [0.15, 0.2) is 16.9 Å². The highest BCUT2D eigenvalue weighted by molar-refractivity contribution is 5.80. The SMILES string of the molecule is CCCc1nc2c(C)c(F)ccc2c(=O)[nH]1. The molecule has 3 nitrogen and oxygen atoms in total. The summed E-state index contributed by atoms with van der Waals surface area (Å²) in [5.74, 6) is 0.293. The molecule has 1 aromatic carbocycles. The molecular formula is C12H13FN2O. The summed E-state index contributed by atoms with van der Waals surface area (Å²) >= 11 is 0. The molecule has 0 spiro atoms. The number of benzene rings is 1. The number of nitrogens with zero attached hydrogens (tertiary/aromatic N) is 1. The molecule has 1 N–H and O–H groups in total. The zero-order chi connectivity index (χ0) is 11.7. The molecule has 0 aliphatic heterocycles. The number of hydrogen-bond donors (Lipinski definition) is 1. The molecule has 0 bridgehead atoms.